The van der Waals surface area contributed by atoms with E-state index in [1.54, 1.807) is 68.4 Å². The predicted molar refractivity (Wildman–Crippen MR) is 131 cm³/mol. The van der Waals surface area contributed by atoms with Gasteiger partial charge in [-0.1, -0.05) is 30.0 Å². The van der Waals surface area contributed by atoms with Crippen molar-refractivity contribution in [2.75, 3.05) is 14.2 Å². The number of hydrogen-bond donors (Lipinski definition) is 1. The van der Waals surface area contributed by atoms with E-state index in [0.717, 1.165) is 5.56 Å². The number of thioether (sulfide) groups is 1. The van der Waals surface area contributed by atoms with E-state index < -0.39 is 5.25 Å². The predicted octanol–water partition coefficient (Wildman–Crippen LogP) is 3.85. The highest BCUT2D eigenvalue weighted by molar-refractivity contribution is 8.00. The maximum Gasteiger partial charge on any atom is 0.262 e. The van der Waals surface area contributed by atoms with Gasteiger partial charge in [0, 0.05) is 6.54 Å². The van der Waals surface area contributed by atoms with Gasteiger partial charge in [0.1, 0.15) is 5.76 Å². The minimum absolute atomic E-state index is 0.174. The second kappa shape index (κ2) is 10.5. The van der Waals surface area contributed by atoms with Crippen molar-refractivity contribution in [2.45, 2.75) is 30.4 Å². The first kappa shape index (κ1) is 23.4. The number of aromatic nitrogens is 2. The van der Waals surface area contributed by atoms with Gasteiger partial charge in [-0.25, -0.2) is 4.98 Å². The van der Waals surface area contributed by atoms with Crippen LogP contribution in [0.3, 0.4) is 0 Å². The highest BCUT2D eigenvalue weighted by atomic mass is 32.2. The van der Waals surface area contributed by atoms with Crippen molar-refractivity contribution >= 4 is 28.6 Å². The molecule has 1 unspecified atom stereocenters. The van der Waals surface area contributed by atoms with Crippen LogP contribution in [0.5, 0.6) is 11.5 Å². The molecule has 0 fully saturated rings. The molecule has 2 aromatic carbocycles. The lowest BCUT2D eigenvalue weighted by Gasteiger charge is -2.16. The van der Waals surface area contributed by atoms with E-state index in [2.05, 4.69) is 10.3 Å². The lowest BCUT2D eigenvalue weighted by Crippen LogP contribution is -2.31. The number of ether oxygens (including phenoxy) is 2. The zero-order valence-corrected chi connectivity index (χ0v) is 19.9. The summed E-state index contributed by atoms with van der Waals surface area (Å²) in [7, 11) is 3.14. The monoisotopic (exact) mass is 479 g/mol. The molecule has 0 aliphatic rings. The van der Waals surface area contributed by atoms with Crippen LogP contribution < -0.4 is 20.3 Å². The molecular formula is C25H25N3O5S. The van der Waals surface area contributed by atoms with Gasteiger partial charge in [0.2, 0.25) is 5.91 Å². The van der Waals surface area contributed by atoms with Gasteiger partial charge in [-0.05, 0) is 48.9 Å². The maximum atomic E-state index is 13.2. The highest BCUT2D eigenvalue weighted by Crippen LogP contribution is 2.28. The number of carbonyl (C=O) groups excluding carboxylic acids is 1. The van der Waals surface area contributed by atoms with Crippen molar-refractivity contribution in [3.8, 4) is 11.5 Å². The van der Waals surface area contributed by atoms with Gasteiger partial charge in [-0.3, -0.25) is 14.2 Å². The van der Waals surface area contributed by atoms with Crippen LogP contribution in [0.15, 0.2) is 75.2 Å². The Morgan fingerprint density at radius 2 is 1.91 bits per heavy atom. The van der Waals surface area contributed by atoms with Crippen LogP contribution in [-0.2, 0) is 17.9 Å². The lowest BCUT2D eigenvalue weighted by molar-refractivity contribution is -0.120. The van der Waals surface area contributed by atoms with Crippen molar-refractivity contribution in [1.29, 1.82) is 0 Å². The van der Waals surface area contributed by atoms with Crippen LogP contribution in [0.4, 0.5) is 0 Å². The standard InChI is InChI=1S/C25H25N3O5S/c1-16(23(29)26-14-17-10-11-21(31-2)22(13-17)32-3)34-25-27-20-9-5-4-8-19(20)24(30)28(25)15-18-7-6-12-33-18/h4-13,16H,14-15H2,1-3H3,(H,26,29). The molecule has 0 saturated heterocycles. The lowest BCUT2D eigenvalue weighted by atomic mass is 10.2. The van der Waals surface area contributed by atoms with E-state index in [1.165, 1.54) is 11.8 Å². The van der Waals surface area contributed by atoms with Crippen molar-refractivity contribution in [3.05, 3.63) is 82.5 Å². The molecule has 1 amide bonds. The van der Waals surface area contributed by atoms with Crippen LogP contribution in [0.2, 0.25) is 0 Å². The van der Waals surface area contributed by atoms with Gasteiger partial charge in [0.25, 0.3) is 5.56 Å². The number of carbonyl (C=O) groups is 1. The molecule has 0 aliphatic carbocycles. The maximum absolute atomic E-state index is 13.2. The van der Waals surface area contributed by atoms with Crippen LogP contribution in [0, 0.1) is 0 Å². The van der Waals surface area contributed by atoms with Crippen LogP contribution in [-0.4, -0.2) is 34.9 Å². The van der Waals surface area contributed by atoms with E-state index in [0.29, 0.717) is 39.9 Å². The summed E-state index contributed by atoms with van der Waals surface area (Å²) in [6.07, 6.45) is 1.56. The van der Waals surface area contributed by atoms with Gasteiger partial charge in [-0.2, -0.15) is 0 Å². The second-order valence-corrected chi connectivity index (χ2v) is 8.86. The Morgan fingerprint density at radius 1 is 1.12 bits per heavy atom. The number of methoxy groups -OCH3 is 2. The number of para-hydroxylation sites is 1. The summed E-state index contributed by atoms with van der Waals surface area (Å²) in [5.74, 6) is 1.68. The third kappa shape index (κ3) is 5.09. The summed E-state index contributed by atoms with van der Waals surface area (Å²) in [6.45, 7) is 2.34. The average Bonchev–Trinajstić information content (AvgIpc) is 3.38. The number of hydrogen-bond acceptors (Lipinski definition) is 7. The van der Waals surface area contributed by atoms with Gasteiger partial charge < -0.3 is 19.2 Å². The van der Waals surface area contributed by atoms with Gasteiger partial charge >= 0.3 is 0 Å². The fraction of sp³-hybridized carbons (Fsp3) is 0.240. The van der Waals surface area contributed by atoms with Gasteiger partial charge in [0.05, 0.1) is 43.2 Å². The number of furan rings is 1. The van der Waals surface area contributed by atoms with E-state index in [1.807, 2.05) is 18.2 Å². The van der Waals surface area contributed by atoms with Gasteiger partial charge in [0.15, 0.2) is 16.7 Å². The molecule has 0 saturated carbocycles. The first-order valence-electron chi connectivity index (χ1n) is 10.7. The Morgan fingerprint density at radius 3 is 2.65 bits per heavy atom. The van der Waals surface area contributed by atoms with Crippen molar-refractivity contribution in [1.82, 2.24) is 14.9 Å². The van der Waals surface area contributed by atoms with Crippen molar-refractivity contribution < 1.29 is 18.7 Å². The number of nitrogens with zero attached hydrogens (tertiary/aromatic N) is 2. The summed E-state index contributed by atoms with van der Waals surface area (Å²) >= 11 is 1.23. The number of rotatable bonds is 9. The average molecular weight is 480 g/mol. The topological polar surface area (TPSA) is 95.6 Å². The summed E-state index contributed by atoms with van der Waals surface area (Å²) in [5.41, 5.74) is 1.29. The minimum Gasteiger partial charge on any atom is -0.493 e. The summed E-state index contributed by atoms with van der Waals surface area (Å²) in [5, 5.41) is 3.42. The molecule has 0 radical (unpaired) electrons. The molecule has 4 aromatic rings. The first-order valence-corrected chi connectivity index (χ1v) is 11.6. The molecule has 34 heavy (non-hydrogen) atoms. The van der Waals surface area contributed by atoms with Crippen LogP contribution in [0.25, 0.3) is 10.9 Å². The highest BCUT2D eigenvalue weighted by Gasteiger charge is 2.20. The fourth-order valence-corrected chi connectivity index (χ4v) is 4.40. The molecule has 0 bridgehead atoms. The zero-order valence-electron chi connectivity index (χ0n) is 19.1. The molecule has 9 heteroatoms. The molecule has 8 nitrogen and oxygen atoms in total. The molecule has 0 aliphatic heterocycles. The largest absolute Gasteiger partial charge is 0.493 e. The number of amides is 1. The number of fused-ring (bicyclic) bond motifs is 1. The third-order valence-electron chi connectivity index (χ3n) is 5.29. The third-order valence-corrected chi connectivity index (χ3v) is 6.38. The Labute approximate surface area is 200 Å². The van der Waals surface area contributed by atoms with E-state index in [-0.39, 0.29) is 18.0 Å². The quantitative estimate of drug-likeness (QED) is 0.288. The molecular weight excluding hydrogens is 454 g/mol. The number of benzene rings is 2. The van der Waals surface area contributed by atoms with Crippen molar-refractivity contribution in [2.24, 2.45) is 0 Å². The fourth-order valence-electron chi connectivity index (χ4n) is 3.47. The molecule has 176 valence electrons. The molecule has 2 heterocycles. The Bertz CT molecular complexity index is 1350. The Hall–Kier alpha value is -3.72. The van der Waals surface area contributed by atoms with E-state index in [9.17, 15) is 9.59 Å². The molecule has 2 aromatic heterocycles. The summed E-state index contributed by atoms with van der Waals surface area (Å²) < 4.78 is 17.6. The zero-order chi connectivity index (χ0) is 24.1. The summed E-state index contributed by atoms with van der Waals surface area (Å²) in [4.78, 5) is 30.7. The normalized spacial score (nSPS) is 11.9. The Balaban J connectivity index is 1.53. The molecule has 0 spiro atoms. The molecule has 1 N–H and O–H groups in total. The van der Waals surface area contributed by atoms with Crippen molar-refractivity contribution in [3.63, 3.8) is 0 Å². The first-order chi connectivity index (χ1) is 16.5. The smallest absolute Gasteiger partial charge is 0.262 e. The minimum atomic E-state index is -0.490. The molecule has 4 rings (SSSR count). The summed E-state index contributed by atoms with van der Waals surface area (Å²) in [6, 6.07) is 16.2. The Kier molecular flexibility index (Phi) is 7.22. The SMILES string of the molecule is COc1ccc(CNC(=O)C(C)Sc2nc3ccccc3c(=O)n2Cc2ccco2)cc1OC. The van der Waals surface area contributed by atoms with Crippen LogP contribution >= 0.6 is 11.8 Å². The van der Waals surface area contributed by atoms with E-state index in [4.69, 9.17) is 13.9 Å². The molecule has 1 atom stereocenters. The van der Waals surface area contributed by atoms with Gasteiger partial charge in [-0.15, -0.1) is 0 Å². The number of nitrogens with one attached hydrogen (secondary N) is 1. The second-order valence-electron chi connectivity index (χ2n) is 7.55. The van der Waals surface area contributed by atoms with Crippen LogP contribution in [0.1, 0.15) is 18.2 Å². The van der Waals surface area contributed by atoms with E-state index >= 15 is 0 Å².